The van der Waals surface area contributed by atoms with Crippen LogP contribution in [0.15, 0.2) is 82.3 Å². The Morgan fingerprint density at radius 3 is 1.75 bits per heavy atom. The lowest BCUT2D eigenvalue weighted by atomic mass is 9.76. The van der Waals surface area contributed by atoms with Crippen LogP contribution in [-0.4, -0.2) is 164 Å². The Morgan fingerprint density at radius 1 is 0.634 bits per heavy atom. The fraction of sp³-hybridized carbons (Fsp3) is 0.565. The number of nitrogens with zero attached hydrogens (tertiary/aromatic N) is 2. The number of aliphatic carboxylic acids is 1. The Balaban J connectivity index is 1.69. The highest BCUT2D eigenvalue weighted by atomic mass is 32.2. The first kappa shape index (κ1) is 59.6. The summed E-state index contributed by atoms with van der Waals surface area (Å²) >= 11 is 0. The van der Waals surface area contributed by atoms with E-state index in [9.17, 15) is 61.8 Å². The van der Waals surface area contributed by atoms with E-state index in [2.05, 4.69) is 0 Å². The topological polar surface area (TPSA) is 307 Å². The van der Waals surface area contributed by atoms with Gasteiger partial charge < -0.3 is 33.7 Å². The van der Waals surface area contributed by atoms with E-state index in [0.29, 0.717) is 100 Å². The molecule has 0 saturated carbocycles. The molecule has 2 aliphatic rings. The molecule has 0 saturated heterocycles. The molecule has 2 aliphatic heterocycles. The van der Waals surface area contributed by atoms with Gasteiger partial charge in [-0.1, -0.05) is 24.6 Å². The number of rotatable bonds is 34. The van der Waals surface area contributed by atoms with Crippen molar-refractivity contribution in [3.63, 3.8) is 0 Å². The predicted molar refractivity (Wildman–Crippen MR) is 263 cm³/mol. The van der Waals surface area contributed by atoms with Crippen molar-refractivity contribution in [1.29, 1.82) is 0 Å². The molecule has 21 nitrogen and oxygen atoms in total. The maximum Gasteiger partial charge on any atom is 0.303 e. The molecule has 5 N–H and O–H groups in total. The number of methoxy groups -OCH3 is 1. The minimum Gasteiger partial charge on any atom is -0.481 e. The fourth-order valence-corrected chi connectivity index (χ4v) is 10.7. The first-order valence-electron chi connectivity index (χ1n) is 23.0. The van der Waals surface area contributed by atoms with Gasteiger partial charge in [0.2, 0.25) is 5.69 Å². The Hall–Kier alpha value is -3.96. The average molecular weight is 1080 g/mol. The van der Waals surface area contributed by atoms with Gasteiger partial charge in [-0.25, -0.2) is 0 Å². The largest absolute Gasteiger partial charge is 0.481 e. The molecule has 0 fully saturated rings. The molecule has 0 spiro atoms. The second kappa shape index (κ2) is 26.8. The summed E-state index contributed by atoms with van der Waals surface area (Å²) < 4.78 is 165. The third-order valence-electron chi connectivity index (χ3n) is 12.2. The molecule has 0 aromatic heterocycles. The Labute approximate surface area is 417 Å². The lowest BCUT2D eigenvalue weighted by molar-refractivity contribution is -0.437. The number of carbonyl (C=O) groups is 1. The van der Waals surface area contributed by atoms with E-state index < -0.39 is 73.7 Å². The molecule has 2 atom stereocenters. The van der Waals surface area contributed by atoms with Crippen molar-refractivity contribution in [2.75, 3.05) is 96.1 Å². The summed E-state index contributed by atoms with van der Waals surface area (Å²) in [7, 11) is -16.5. The number of unbranched alkanes of at least 4 members (excludes halogenated alkanes) is 2. The number of hydrogen-bond acceptors (Lipinski definition) is 15. The minimum atomic E-state index is -4.70. The van der Waals surface area contributed by atoms with Crippen molar-refractivity contribution < 1.29 is 90.0 Å². The van der Waals surface area contributed by atoms with E-state index in [1.165, 1.54) is 30.3 Å². The highest BCUT2D eigenvalue weighted by molar-refractivity contribution is 7.86. The van der Waals surface area contributed by atoms with Crippen molar-refractivity contribution in [2.24, 2.45) is 0 Å². The van der Waals surface area contributed by atoms with Crippen LogP contribution in [0.3, 0.4) is 0 Å². The molecule has 0 aliphatic carbocycles. The normalized spacial score (nSPS) is 19.2. The lowest BCUT2D eigenvalue weighted by Gasteiger charge is -2.30. The summed E-state index contributed by atoms with van der Waals surface area (Å²) in [6.07, 6.45) is 10.4. The molecule has 4 rings (SSSR count). The van der Waals surface area contributed by atoms with Crippen LogP contribution < -0.4 is 4.90 Å². The van der Waals surface area contributed by atoms with Gasteiger partial charge in [-0.2, -0.15) is 38.2 Å². The summed E-state index contributed by atoms with van der Waals surface area (Å²) in [6.45, 7) is 7.29. The van der Waals surface area contributed by atoms with Crippen LogP contribution in [-0.2, 0) is 79.8 Å². The molecule has 2 aromatic rings. The lowest BCUT2D eigenvalue weighted by Crippen LogP contribution is -2.32. The molecule has 25 heteroatoms. The SMILES string of the molecule is COCCOCCOCCOCCOCCC1(C)C(=CC=CC=CC2=[N+](CCCS(=O)(=O)O)c3ccc(S(=O)(=O)O)cc3C2(C)CCCS(=O)(=O)O)N(CCCCCC(=O)O)c2ccc(S(=O)(=O)O)cc21. The van der Waals surface area contributed by atoms with Crippen molar-refractivity contribution in [2.45, 2.75) is 85.8 Å². The predicted octanol–water partition coefficient (Wildman–Crippen LogP) is 5.00. The Bertz CT molecular complexity index is 2720. The molecule has 398 valence electrons. The molecule has 0 amide bonds. The molecule has 2 aromatic carbocycles. The quantitative estimate of drug-likeness (QED) is 0.0266. The highest BCUT2D eigenvalue weighted by Gasteiger charge is 2.48. The van der Waals surface area contributed by atoms with E-state index in [1.54, 1.807) is 49.0 Å². The van der Waals surface area contributed by atoms with E-state index >= 15 is 0 Å². The molecule has 0 bridgehead atoms. The van der Waals surface area contributed by atoms with Crippen LogP contribution in [0.4, 0.5) is 11.4 Å². The van der Waals surface area contributed by atoms with E-state index in [4.69, 9.17) is 23.7 Å². The number of fused-ring (bicyclic) bond motifs is 2. The zero-order valence-electron chi connectivity index (χ0n) is 40.2. The van der Waals surface area contributed by atoms with E-state index in [1.807, 2.05) is 17.9 Å². The number of anilines is 1. The van der Waals surface area contributed by atoms with Crippen molar-refractivity contribution in [3.8, 4) is 0 Å². The number of allylic oxidation sites excluding steroid dienone is 6. The van der Waals surface area contributed by atoms with Gasteiger partial charge in [0.15, 0.2) is 5.71 Å². The fourth-order valence-electron chi connectivity index (χ4n) is 8.67. The number of hydrogen-bond donors (Lipinski definition) is 5. The Morgan fingerprint density at radius 2 is 1.18 bits per heavy atom. The second-order valence-corrected chi connectivity index (χ2v) is 23.4. The van der Waals surface area contributed by atoms with Gasteiger partial charge in [0.05, 0.1) is 79.6 Å². The molecular formula is C46H67N2O19S4+. The van der Waals surface area contributed by atoms with Gasteiger partial charge in [-0.05, 0) is 87.9 Å². The maximum absolute atomic E-state index is 12.4. The number of ether oxygens (including phenoxy) is 5. The summed E-state index contributed by atoms with van der Waals surface area (Å²) in [5.41, 5.74) is 1.23. The van der Waals surface area contributed by atoms with Crippen LogP contribution in [0.25, 0.3) is 0 Å². The van der Waals surface area contributed by atoms with Crippen molar-refractivity contribution in [1.82, 2.24) is 0 Å². The zero-order chi connectivity index (χ0) is 52.5. The zero-order valence-corrected chi connectivity index (χ0v) is 43.4. The number of benzene rings is 2. The van der Waals surface area contributed by atoms with Gasteiger partial charge >= 0.3 is 5.97 Å². The molecular weight excluding hydrogens is 1010 g/mol. The summed E-state index contributed by atoms with van der Waals surface area (Å²) in [4.78, 5) is 12.5. The molecule has 71 heavy (non-hydrogen) atoms. The van der Waals surface area contributed by atoms with Gasteiger partial charge in [0.25, 0.3) is 40.5 Å². The van der Waals surface area contributed by atoms with Crippen LogP contribution in [0, 0.1) is 0 Å². The highest BCUT2D eigenvalue weighted by Crippen LogP contribution is 2.51. The number of carboxylic acids is 1. The van der Waals surface area contributed by atoms with Crippen LogP contribution in [0.5, 0.6) is 0 Å². The standard InChI is InChI=1S/C46H66N2O19S4/c1-45(19-10-32-68(51,52)53)38-34-36(70(57,58)59)15-17-40(38)48(22-11-33-69(54,55)56)42(45)12-6-4-7-13-43-46(2,20-23-64-26-27-66-30-31-67-29-28-65-25-24-63-3)39-35-37(71(60,61)62)16-18-41(39)47(43)21-9-5-8-14-44(49)50/h4,6-7,12-13,15-18,34-35H,5,8-11,14,19-33H2,1-3H3,(H4-,49,50,51,52,53,54,55,56,57,58,59,60,61,62)/p+1. The monoisotopic (exact) mass is 1080 g/mol. The minimum absolute atomic E-state index is 0.00846. The van der Waals surface area contributed by atoms with Gasteiger partial charge in [0.1, 0.15) is 6.54 Å². The third kappa shape index (κ3) is 18.2. The second-order valence-electron chi connectivity index (χ2n) is 17.4. The van der Waals surface area contributed by atoms with Gasteiger partial charge in [0, 0.05) is 67.6 Å². The molecule has 2 heterocycles. The maximum atomic E-state index is 12.4. The van der Waals surface area contributed by atoms with Crippen LogP contribution >= 0.6 is 0 Å². The van der Waals surface area contributed by atoms with Gasteiger partial charge in [-0.15, -0.1) is 0 Å². The average Bonchev–Trinajstić information content (AvgIpc) is 3.64. The van der Waals surface area contributed by atoms with Gasteiger partial charge in [-0.3, -0.25) is 23.0 Å². The molecule has 0 radical (unpaired) electrons. The number of carboxylic acid groups (broad SMARTS) is 1. The third-order valence-corrected chi connectivity index (χ3v) is 15.5. The summed E-state index contributed by atoms with van der Waals surface area (Å²) in [5, 5.41) is 9.22. The van der Waals surface area contributed by atoms with Crippen molar-refractivity contribution in [3.05, 3.63) is 83.6 Å². The first-order valence-corrected chi connectivity index (χ1v) is 29.1. The van der Waals surface area contributed by atoms with E-state index in [0.717, 1.165) is 5.70 Å². The van der Waals surface area contributed by atoms with Crippen molar-refractivity contribution >= 4 is 63.5 Å². The summed E-state index contributed by atoms with van der Waals surface area (Å²) in [5.74, 6) is -2.13. The molecule has 2 unspecified atom stereocenters. The summed E-state index contributed by atoms with van der Waals surface area (Å²) in [6, 6.07) is 8.22. The van der Waals surface area contributed by atoms with Crippen LogP contribution in [0.2, 0.25) is 0 Å². The van der Waals surface area contributed by atoms with E-state index in [-0.39, 0.29) is 56.9 Å². The smallest absolute Gasteiger partial charge is 0.303 e. The first-order chi connectivity index (χ1) is 33.3. The van der Waals surface area contributed by atoms with Crippen LogP contribution in [0.1, 0.15) is 76.3 Å². The Kier molecular flexibility index (Phi) is 22.5.